The van der Waals surface area contributed by atoms with Gasteiger partial charge in [0.1, 0.15) is 0 Å². The topological polar surface area (TPSA) is 24.1 Å². The number of hydrogen-bond donors (Lipinski definition) is 2. The van der Waals surface area contributed by atoms with Crippen LogP contribution in [0.1, 0.15) is 38.2 Å². The Balaban J connectivity index is 1.84. The average molecular weight is 230 g/mol. The number of aryl methyl sites for hydroxylation is 1. The number of rotatable bonds is 0. The molecule has 1 heterocycles. The number of anilines is 2. The minimum Gasteiger partial charge on any atom is -0.381 e. The maximum atomic E-state index is 3.81. The van der Waals surface area contributed by atoms with Crippen molar-refractivity contribution in [2.45, 2.75) is 45.1 Å². The van der Waals surface area contributed by atoms with E-state index in [1.54, 1.807) is 0 Å². The Morgan fingerprint density at radius 2 is 1.94 bits per heavy atom. The van der Waals surface area contributed by atoms with Crippen molar-refractivity contribution in [3.8, 4) is 0 Å². The van der Waals surface area contributed by atoms with Gasteiger partial charge in [0, 0.05) is 6.54 Å². The summed E-state index contributed by atoms with van der Waals surface area (Å²) in [4.78, 5) is 0. The van der Waals surface area contributed by atoms with Crippen LogP contribution in [0, 0.1) is 12.8 Å². The van der Waals surface area contributed by atoms with Crippen LogP contribution >= 0.6 is 0 Å². The third-order valence-electron chi connectivity index (χ3n) is 4.42. The van der Waals surface area contributed by atoms with Gasteiger partial charge in [0.25, 0.3) is 0 Å². The van der Waals surface area contributed by atoms with Crippen LogP contribution in [0.3, 0.4) is 0 Å². The molecule has 1 aromatic rings. The normalized spacial score (nSPS) is 31.5. The molecule has 1 aliphatic carbocycles. The van der Waals surface area contributed by atoms with E-state index in [1.807, 2.05) is 0 Å². The summed E-state index contributed by atoms with van der Waals surface area (Å²) in [5.41, 5.74) is 4.21. The van der Waals surface area contributed by atoms with E-state index in [-0.39, 0.29) is 0 Å². The summed E-state index contributed by atoms with van der Waals surface area (Å²) in [7, 11) is 0. The van der Waals surface area contributed by atoms with E-state index < -0.39 is 0 Å². The summed E-state index contributed by atoms with van der Waals surface area (Å²) < 4.78 is 0. The van der Waals surface area contributed by atoms with Gasteiger partial charge in [-0.05, 0) is 56.2 Å². The van der Waals surface area contributed by atoms with Gasteiger partial charge in [-0.15, -0.1) is 0 Å². The van der Waals surface area contributed by atoms with Crippen molar-refractivity contribution in [2.75, 3.05) is 17.2 Å². The molecule has 2 aliphatic rings. The third-order valence-corrected chi connectivity index (χ3v) is 4.42. The van der Waals surface area contributed by atoms with Crippen molar-refractivity contribution in [3.05, 3.63) is 23.8 Å². The van der Waals surface area contributed by atoms with Crippen LogP contribution in [0.25, 0.3) is 0 Å². The van der Waals surface area contributed by atoms with Gasteiger partial charge in [0.2, 0.25) is 0 Å². The molecule has 1 saturated carbocycles. The highest BCUT2D eigenvalue weighted by Gasteiger charge is 2.36. The minimum absolute atomic E-state index is 0.313. The van der Waals surface area contributed by atoms with Crippen molar-refractivity contribution in [1.82, 2.24) is 0 Å². The number of fused-ring (bicyclic) bond motifs is 1. The second-order valence-corrected chi connectivity index (χ2v) is 5.99. The van der Waals surface area contributed by atoms with Crippen LogP contribution in [0.4, 0.5) is 11.4 Å². The maximum absolute atomic E-state index is 3.81. The maximum Gasteiger partial charge on any atom is 0.0583 e. The van der Waals surface area contributed by atoms with Crippen molar-refractivity contribution in [3.63, 3.8) is 0 Å². The van der Waals surface area contributed by atoms with Crippen molar-refractivity contribution >= 4 is 11.4 Å². The van der Waals surface area contributed by atoms with Gasteiger partial charge in [0.05, 0.1) is 16.9 Å². The summed E-state index contributed by atoms with van der Waals surface area (Å²) in [6, 6.07) is 6.63. The molecule has 0 radical (unpaired) electrons. The molecular formula is C15H22N2. The fourth-order valence-electron chi connectivity index (χ4n) is 3.13. The molecule has 0 unspecified atom stereocenters. The predicted molar refractivity (Wildman–Crippen MR) is 73.7 cm³/mol. The lowest BCUT2D eigenvalue weighted by Gasteiger charge is -2.44. The highest BCUT2D eigenvalue weighted by atomic mass is 15.1. The fourth-order valence-corrected chi connectivity index (χ4v) is 3.13. The van der Waals surface area contributed by atoms with Crippen LogP contribution < -0.4 is 10.6 Å². The first kappa shape index (κ1) is 10.9. The minimum atomic E-state index is 0.313. The molecule has 3 rings (SSSR count). The fraction of sp³-hybridized carbons (Fsp3) is 0.600. The molecule has 1 spiro atoms. The van der Waals surface area contributed by atoms with Crippen LogP contribution in [0.15, 0.2) is 18.2 Å². The van der Waals surface area contributed by atoms with Gasteiger partial charge < -0.3 is 10.6 Å². The Labute approximate surface area is 104 Å². The van der Waals surface area contributed by atoms with E-state index in [0.717, 1.165) is 12.5 Å². The van der Waals surface area contributed by atoms with E-state index >= 15 is 0 Å². The van der Waals surface area contributed by atoms with Gasteiger partial charge in [-0.2, -0.15) is 0 Å². The zero-order valence-corrected chi connectivity index (χ0v) is 10.8. The van der Waals surface area contributed by atoms with E-state index in [0.29, 0.717) is 5.54 Å². The van der Waals surface area contributed by atoms with Crippen molar-refractivity contribution in [2.24, 2.45) is 5.92 Å². The molecule has 0 bridgehead atoms. The Morgan fingerprint density at radius 1 is 1.18 bits per heavy atom. The average Bonchev–Trinajstić information content (AvgIpc) is 2.33. The number of hydrogen-bond acceptors (Lipinski definition) is 2. The molecule has 0 saturated heterocycles. The van der Waals surface area contributed by atoms with Crippen LogP contribution in [0.2, 0.25) is 0 Å². The van der Waals surface area contributed by atoms with Crippen molar-refractivity contribution < 1.29 is 0 Å². The molecule has 0 atom stereocenters. The molecular weight excluding hydrogens is 208 g/mol. The lowest BCUT2D eigenvalue weighted by Crippen LogP contribution is -2.49. The summed E-state index contributed by atoms with van der Waals surface area (Å²) >= 11 is 0. The standard InChI is InChI=1S/C15H22N2/c1-11-5-7-15(8-6-11)10-16-13-4-3-12(2)9-14(13)17-15/h3-4,9,11,16-17H,5-8,10H2,1-2H3. The summed E-state index contributed by atoms with van der Waals surface area (Å²) in [6.45, 7) is 5.61. The second kappa shape index (κ2) is 3.94. The number of nitrogens with one attached hydrogen (secondary N) is 2. The first-order chi connectivity index (χ1) is 8.17. The predicted octanol–water partition coefficient (Wildman–Crippen LogP) is 3.78. The summed E-state index contributed by atoms with van der Waals surface area (Å²) in [6.07, 6.45) is 5.31. The first-order valence-corrected chi connectivity index (χ1v) is 6.80. The Bertz CT molecular complexity index is 417. The Morgan fingerprint density at radius 3 is 2.71 bits per heavy atom. The van der Waals surface area contributed by atoms with Gasteiger partial charge in [0.15, 0.2) is 0 Å². The molecule has 0 aromatic heterocycles. The van der Waals surface area contributed by atoms with Crippen molar-refractivity contribution in [1.29, 1.82) is 0 Å². The van der Waals surface area contributed by atoms with E-state index in [4.69, 9.17) is 0 Å². The monoisotopic (exact) mass is 230 g/mol. The zero-order valence-electron chi connectivity index (χ0n) is 10.8. The molecule has 2 nitrogen and oxygen atoms in total. The van der Waals surface area contributed by atoms with Gasteiger partial charge in [-0.1, -0.05) is 13.0 Å². The molecule has 92 valence electrons. The summed E-state index contributed by atoms with van der Waals surface area (Å²) in [5, 5.41) is 7.41. The molecule has 17 heavy (non-hydrogen) atoms. The SMILES string of the molecule is Cc1ccc2c(c1)NC1(CCC(C)CC1)CN2. The third kappa shape index (κ3) is 2.01. The van der Waals surface area contributed by atoms with E-state index in [2.05, 4.69) is 42.7 Å². The van der Waals surface area contributed by atoms with Crippen LogP contribution in [-0.2, 0) is 0 Å². The highest BCUT2D eigenvalue weighted by Crippen LogP contribution is 2.39. The first-order valence-electron chi connectivity index (χ1n) is 6.80. The molecule has 1 aromatic carbocycles. The van der Waals surface area contributed by atoms with Crippen LogP contribution in [0.5, 0.6) is 0 Å². The largest absolute Gasteiger partial charge is 0.381 e. The molecule has 2 N–H and O–H groups in total. The van der Waals surface area contributed by atoms with Gasteiger partial charge in [-0.25, -0.2) is 0 Å². The highest BCUT2D eigenvalue weighted by molar-refractivity contribution is 5.73. The zero-order chi connectivity index (χ0) is 11.9. The van der Waals surface area contributed by atoms with Crippen LogP contribution in [-0.4, -0.2) is 12.1 Å². The van der Waals surface area contributed by atoms with E-state index in [9.17, 15) is 0 Å². The molecule has 1 aliphatic heterocycles. The molecule has 1 fully saturated rings. The second-order valence-electron chi connectivity index (χ2n) is 5.99. The van der Waals surface area contributed by atoms with Gasteiger partial charge in [-0.3, -0.25) is 0 Å². The smallest absolute Gasteiger partial charge is 0.0583 e. The Kier molecular flexibility index (Phi) is 2.53. The number of benzene rings is 1. The van der Waals surface area contributed by atoms with Gasteiger partial charge >= 0.3 is 0 Å². The lowest BCUT2D eigenvalue weighted by molar-refractivity contribution is 0.274. The molecule has 2 heteroatoms. The van der Waals surface area contributed by atoms with E-state index in [1.165, 1.54) is 42.6 Å². The summed E-state index contributed by atoms with van der Waals surface area (Å²) in [5.74, 6) is 0.904. The lowest BCUT2D eigenvalue weighted by atomic mass is 9.76. The Hall–Kier alpha value is -1.18. The molecule has 0 amide bonds. The quantitative estimate of drug-likeness (QED) is 0.708.